The second-order valence-corrected chi connectivity index (χ2v) is 8.23. The number of nitrogens with zero attached hydrogens (tertiary/aromatic N) is 1. The highest BCUT2D eigenvalue weighted by molar-refractivity contribution is 7.72. The first kappa shape index (κ1) is 19.4. The number of hydrogen-bond acceptors (Lipinski definition) is 6. The summed E-state index contributed by atoms with van der Waals surface area (Å²) in [7, 11) is 0. The molecule has 144 valence electrons. The maximum absolute atomic E-state index is 11.0. The van der Waals surface area contributed by atoms with Crippen molar-refractivity contribution < 1.29 is 32.3 Å². The average molecular weight is 375 g/mol. The molecule has 1 unspecified atom stereocenters. The molecule has 2 aliphatic heterocycles. The van der Waals surface area contributed by atoms with Crippen molar-refractivity contribution in [3.8, 4) is 0 Å². The van der Waals surface area contributed by atoms with Crippen LogP contribution < -0.4 is 0 Å². The van der Waals surface area contributed by atoms with Gasteiger partial charge in [0.15, 0.2) is 12.8 Å². The lowest BCUT2D eigenvalue weighted by atomic mass is 9.97. The minimum Gasteiger partial charge on any atom is -0.716 e. The molecule has 0 amide bonds. The van der Waals surface area contributed by atoms with Gasteiger partial charge in [-0.3, -0.25) is 0 Å². The van der Waals surface area contributed by atoms with Crippen molar-refractivity contribution in [2.75, 3.05) is 6.54 Å². The number of hydrogen-bond donors (Lipinski definition) is 0. The maximum atomic E-state index is 11.0. The first-order valence-electron chi connectivity index (χ1n) is 9.56. The molecule has 2 spiro atoms. The highest BCUT2D eigenvalue weighted by Crippen LogP contribution is 2.39. The molecule has 3 aliphatic rings. The summed E-state index contributed by atoms with van der Waals surface area (Å²) in [5.41, 5.74) is 0. The summed E-state index contributed by atoms with van der Waals surface area (Å²) in [6.07, 6.45) is 14.5. The first-order chi connectivity index (χ1) is 12.1. The van der Waals surface area contributed by atoms with Crippen LogP contribution in [-0.4, -0.2) is 37.1 Å². The molecular weight excluding hydrogens is 346 g/mol. The zero-order valence-electron chi connectivity index (χ0n) is 14.8. The fraction of sp³-hybridized carbons (Fsp3) is 0.941. The van der Waals surface area contributed by atoms with Crippen LogP contribution in [0.4, 0.5) is 0 Å². The van der Waals surface area contributed by atoms with E-state index in [-0.39, 0.29) is 13.0 Å². The molecule has 0 aromatic carbocycles. The Labute approximate surface area is 151 Å². The molecule has 0 N–H and O–H groups in total. The summed E-state index contributed by atoms with van der Waals surface area (Å²) in [5, 5.41) is 0. The van der Waals surface area contributed by atoms with Crippen molar-refractivity contribution in [3.05, 3.63) is 0 Å². The van der Waals surface area contributed by atoms with Gasteiger partial charge in [-0.15, -0.1) is 0 Å². The third kappa shape index (κ3) is 5.30. The molecule has 0 radical (unpaired) electrons. The van der Waals surface area contributed by atoms with E-state index < -0.39 is 22.8 Å². The second-order valence-electron chi connectivity index (χ2n) is 7.33. The molecule has 8 heteroatoms. The Morgan fingerprint density at radius 2 is 1.24 bits per heavy atom. The van der Waals surface area contributed by atoms with Gasteiger partial charge >= 0.3 is 0 Å². The summed E-state index contributed by atoms with van der Waals surface area (Å²) < 4.78 is 23.2. The van der Waals surface area contributed by atoms with Crippen molar-refractivity contribution in [1.82, 2.24) is 0 Å². The fourth-order valence-electron chi connectivity index (χ4n) is 3.65. The van der Waals surface area contributed by atoms with E-state index in [1.807, 2.05) is 0 Å². The van der Waals surface area contributed by atoms with E-state index in [1.165, 1.54) is 36.1 Å². The molecule has 2 heterocycles. The molecule has 1 aliphatic carbocycles. The summed E-state index contributed by atoms with van der Waals surface area (Å²) in [6.45, 7) is 0.288. The zero-order valence-corrected chi connectivity index (χ0v) is 15.6. The van der Waals surface area contributed by atoms with E-state index in [0.29, 0.717) is 6.42 Å². The van der Waals surface area contributed by atoms with Crippen LogP contribution in [0.2, 0.25) is 0 Å². The van der Waals surface area contributed by atoms with Gasteiger partial charge in [-0.05, 0) is 12.8 Å². The standard InChI is InChI=1S/C17H29NO6S/c19-25(20)18-14-12-17(13-15-18)23-21-16(22-24-17)10-8-6-4-2-1-3-5-7-9-11-16/h14H,1-13,15H2. The van der Waals surface area contributed by atoms with Crippen LogP contribution in [0.25, 0.3) is 0 Å². The predicted octanol–water partition coefficient (Wildman–Crippen LogP) is 3.26. The lowest BCUT2D eigenvalue weighted by Crippen LogP contribution is -2.53. The Morgan fingerprint density at radius 1 is 0.760 bits per heavy atom. The van der Waals surface area contributed by atoms with E-state index in [9.17, 15) is 8.76 Å². The molecule has 3 rings (SSSR count). The van der Waals surface area contributed by atoms with Gasteiger partial charge < -0.3 is 4.55 Å². The van der Waals surface area contributed by atoms with E-state index >= 15 is 0 Å². The SMILES string of the molecule is O=S([O-])[N+]1=CCC2(CC1)OOC1(CCCCCCCCCCC1)OO2. The molecule has 1 atom stereocenters. The van der Waals surface area contributed by atoms with Gasteiger partial charge in [-0.2, -0.15) is 23.5 Å². The summed E-state index contributed by atoms with van der Waals surface area (Å²) >= 11 is -2.26. The quantitative estimate of drug-likeness (QED) is 0.398. The summed E-state index contributed by atoms with van der Waals surface area (Å²) in [6, 6.07) is 0. The fourth-order valence-corrected chi connectivity index (χ4v) is 4.09. The van der Waals surface area contributed by atoms with Crippen LogP contribution >= 0.6 is 0 Å². The van der Waals surface area contributed by atoms with Gasteiger partial charge in [0.1, 0.15) is 0 Å². The average Bonchev–Trinajstić information content (AvgIpc) is 2.61. The Kier molecular flexibility index (Phi) is 6.99. The highest BCUT2D eigenvalue weighted by atomic mass is 32.2. The smallest absolute Gasteiger partial charge is 0.249 e. The van der Waals surface area contributed by atoms with Crippen LogP contribution in [0, 0.1) is 0 Å². The van der Waals surface area contributed by atoms with Crippen molar-refractivity contribution in [2.24, 2.45) is 0 Å². The van der Waals surface area contributed by atoms with Crippen molar-refractivity contribution in [3.63, 3.8) is 0 Å². The van der Waals surface area contributed by atoms with Gasteiger partial charge in [0.25, 0.3) is 0 Å². The van der Waals surface area contributed by atoms with Gasteiger partial charge in [0.05, 0.1) is 12.8 Å². The number of rotatable bonds is 1. The van der Waals surface area contributed by atoms with Gasteiger partial charge in [0.2, 0.25) is 22.8 Å². The molecule has 7 nitrogen and oxygen atoms in total. The third-order valence-corrected chi connectivity index (χ3v) is 6.03. The van der Waals surface area contributed by atoms with Crippen molar-refractivity contribution in [2.45, 2.75) is 95.0 Å². The summed E-state index contributed by atoms with van der Waals surface area (Å²) in [4.78, 5) is 22.8. The van der Waals surface area contributed by atoms with Crippen molar-refractivity contribution >= 4 is 17.5 Å². The topological polar surface area (TPSA) is 80.1 Å². The second kappa shape index (κ2) is 9.01. The molecule has 0 bridgehead atoms. The van der Waals surface area contributed by atoms with Gasteiger partial charge in [0, 0.05) is 12.8 Å². The first-order valence-corrected chi connectivity index (χ1v) is 10.6. The highest BCUT2D eigenvalue weighted by Gasteiger charge is 2.50. The Bertz CT molecular complexity index is 476. The van der Waals surface area contributed by atoms with Crippen molar-refractivity contribution in [1.29, 1.82) is 0 Å². The van der Waals surface area contributed by atoms with E-state index in [2.05, 4.69) is 0 Å². The maximum Gasteiger partial charge on any atom is 0.249 e. The Balaban J connectivity index is 1.57. The Hall–Kier alpha value is -0.380. The largest absolute Gasteiger partial charge is 0.716 e. The molecule has 25 heavy (non-hydrogen) atoms. The predicted molar refractivity (Wildman–Crippen MR) is 89.9 cm³/mol. The van der Waals surface area contributed by atoms with Crippen LogP contribution in [0.3, 0.4) is 0 Å². The molecular formula is C17H29NO6S. The Morgan fingerprint density at radius 3 is 1.68 bits per heavy atom. The van der Waals surface area contributed by atoms with Crippen LogP contribution in [0.5, 0.6) is 0 Å². The molecule has 0 aromatic heterocycles. The molecule has 2 fully saturated rings. The van der Waals surface area contributed by atoms with E-state index in [0.717, 1.165) is 38.5 Å². The lowest BCUT2D eigenvalue weighted by molar-refractivity contribution is -0.663. The minimum absolute atomic E-state index is 0.275. The zero-order chi connectivity index (χ0) is 17.6. The lowest BCUT2D eigenvalue weighted by Gasteiger charge is -2.43. The van der Waals surface area contributed by atoms with Crippen LogP contribution in [0.15, 0.2) is 0 Å². The van der Waals surface area contributed by atoms with Crippen LogP contribution in [0.1, 0.15) is 83.5 Å². The van der Waals surface area contributed by atoms with Crippen LogP contribution in [-0.2, 0) is 30.8 Å². The molecule has 1 saturated carbocycles. The normalized spacial score (nSPS) is 29.4. The third-order valence-electron chi connectivity index (χ3n) is 5.32. The van der Waals surface area contributed by atoms with E-state index in [1.54, 1.807) is 6.21 Å². The summed E-state index contributed by atoms with van der Waals surface area (Å²) in [5.74, 6) is -1.87. The molecule has 0 aromatic rings. The van der Waals surface area contributed by atoms with Gasteiger partial charge in [-0.25, -0.2) is 4.21 Å². The monoisotopic (exact) mass is 375 g/mol. The molecule has 1 saturated heterocycles. The minimum atomic E-state index is -2.26. The van der Waals surface area contributed by atoms with E-state index in [4.69, 9.17) is 19.6 Å². The van der Waals surface area contributed by atoms with Gasteiger partial charge in [-0.1, -0.05) is 44.9 Å².